The van der Waals surface area contributed by atoms with Gasteiger partial charge in [-0.05, 0) is 63.4 Å². The average molecular weight is 480 g/mol. The fourth-order valence-electron chi connectivity index (χ4n) is 2.98. The lowest BCUT2D eigenvalue weighted by atomic mass is 10.1. The zero-order valence-corrected chi connectivity index (χ0v) is 19.7. The van der Waals surface area contributed by atoms with Crippen molar-refractivity contribution in [3.8, 4) is 0 Å². The van der Waals surface area contributed by atoms with Gasteiger partial charge >= 0.3 is 0 Å². The molecular formula is C23H28BrClN2O2. The van der Waals surface area contributed by atoms with Crippen LogP contribution in [0.1, 0.15) is 45.2 Å². The van der Waals surface area contributed by atoms with Crippen LogP contribution < -0.4 is 5.32 Å². The van der Waals surface area contributed by atoms with Crippen molar-refractivity contribution in [3.05, 3.63) is 69.2 Å². The van der Waals surface area contributed by atoms with Crippen molar-refractivity contribution in [2.75, 3.05) is 0 Å². The molecule has 0 radical (unpaired) electrons. The maximum Gasteiger partial charge on any atom is 0.242 e. The van der Waals surface area contributed by atoms with E-state index < -0.39 is 6.04 Å². The molecule has 2 aromatic rings. The Morgan fingerprint density at radius 2 is 1.83 bits per heavy atom. The number of benzene rings is 2. The van der Waals surface area contributed by atoms with Crippen LogP contribution in [-0.2, 0) is 22.6 Å². The largest absolute Gasteiger partial charge is 0.350 e. The molecule has 0 saturated heterocycles. The topological polar surface area (TPSA) is 49.4 Å². The number of amides is 2. The highest BCUT2D eigenvalue weighted by Gasteiger charge is 2.28. The summed E-state index contributed by atoms with van der Waals surface area (Å²) in [6.45, 7) is 7.91. The average Bonchev–Trinajstić information content (AvgIpc) is 2.63. The second-order valence-corrected chi connectivity index (χ2v) is 9.48. The molecule has 4 nitrogen and oxygen atoms in total. The molecule has 0 aromatic heterocycles. The van der Waals surface area contributed by atoms with E-state index in [0.29, 0.717) is 18.0 Å². The van der Waals surface area contributed by atoms with Gasteiger partial charge in [0.05, 0.1) is 0 Å². The number of rotatable bonds is 7. The summed E-state index contributed by atoms with van der Waals surface area (Å²) in [6.07, 6.45) is 0.811. The van der Waals surface area contributed by atoms with Gasteiger partial charge in [-0.2, -0.15) is 0 Å². The first-order chi connectivity index (χ1) is 13.6. The summed E-state index contributed by atoms with van der Waals surface area (Å²) in [4.78, 5) is 27.5. The predicted molar refractivity (Wildman–Crippen MR) is 122 cm³/mol. The van der Waals surface area contributed by atoms with Crippen LogP contribution in [0.2, 0.25) is 5.02 Å². The molecule has 2 aromatic carbocycles. The second kappa shape index (κ2) is 10.3. The van der Waals surface area contributed by atoms with Gasteiger partial charge in [0, 0.05) is 28.0 Å². The monoisotopic (exact) mass is 478 g/mol. The first-order valence-electron chi connectivity index (χ1n) is 9.66. The van der Waals surface area contributed by atoms with Crippen LogP contribution in [0, 0.1) is 0 Å². The maximum absolute atomic E-state index is 13.1. The Morgan fingerprint density at radius 1 is 1.14 bits per heavy atom. The van der Waals surface area contributed by atoms with Crippen LogP contribution in [0.15, 0.2) is 53.0 Å². The lowest BCUT2D eigenvalue weighted by Gasteiger charge is -2.31. The summed E-state index contributed by atoms with van der Waals surface area (Å²) in [5.74, 6) is -0.250. The number of hydrogen-bond donors (Lipinski definition) is 1. The van der Waals surface area contributed by atoms with Gasteiger partial charge in [0.2, 0.25) is 11.8 Å². The Bertz CT molecular complexity index is 864. The third-order valence-corrected chi connectivity index (χ3v) is 5.34. The van der Waals surface area contributed by atoms with Crippen molar-refractivity contribution < 1.29 is 9.59 Å². The van der Waals surface area contributed by atoms with E-state index in [9.17, 15) is 9.59 Å². The molecule has 0 saturated carbocycles. The van der Waals surface area contributed by atoms with Crippen LogP contribution in [0.3, 0.4) is 0 Å². The molecule has 0 aliphatic heterocycles. The van der Waals surface area contributed by atoms with E-state index >= 15 is 0 Å². The number of nitrogens with zero attached hydrogens (tertiary/aromatic N) is 1. The van der Waals surface area contributed by atoms with Crippen LogP contribution in [0.5, 0.6) is 0 Å². The molecule has 1 atom stereocenters. The predicted octanol–water partition coefficient (Wildman–Crippen LogP) is 5.37. The molecule has 0 aliphatic rings. The normalized spacial score (nSPS) is 12.3. The quantitative estimate of drug-likeness (QED) is 0.580. The Labute approximate surface area is 186 Å². The summed E-state index contributed by atoms with van der Waals surface area (Å²) >= 11 is 9.69. The lowest BCUT2D eigenvalue weighted by molar-refractivity contribution is -0.141. The maximum atomic E-state index is 13.1. The highest BCUT2D eigenvalue weighted by molar-refractivity contribution is 9.10. The van der Waals surface area contributed by atoms with E-state index in [2.05, 4.69) is 21.2 Å². The van der Waals surface area contributed by atoms with Crippen LogP contribution >= 0.6 is 27.5 Å². The summed E-state index contributed by atoms with van der Waals surface area (Å²) in [5.41, 5.74) is 1.52. The number of carbonyl (C=O) groups excluding carboxylic acids is 2. The van der Waals surface area contributed by atoms with Gasteiger partial charge in [0.1, 0.15) is 6.04 Å². The van der Waals surface area contributed by atoms with Crippen LogP contribution in [0.4, 0.5) is 0 Å². The van der Waals surface area contributed by atoms with Crippen molar-refractivity contribution in [2.45, 2.75) is 58.7 Å². The van der Waals surface area contributed by atoms with Gasteiger partial charge in [-0.15, -0.1) is 0 Å². The minimum atomic E-state index is -0.591. The van der Waals surface area contributed by atoms with E-state index in [4.69, 9.17) is 11.6 Å². The SMILES string of the molecule is CC(C(=O)NC(C)(C)C)N(Cc1cccc(Br)c1)C(=O)CCc1ccccc1Cl. The van der Waals surface area contributed by atoms with Gasteiger partial charge in [-0.3, -0.25) is 9.59 Å². The zero-order chi connectivity index (χ0) is 21.6. The van der Waals surface area contributed by atoms with E-state index in [0.717, 1.165) is 15.6 Å². The minimum Gasteiger partial charge on any atom is -0.350 e. The molecule has 29 heavy (non-hydrogen) atoms. The molecule has 0 spiro atoms. The molecule has 0 bridgehead atoms. The molecule has 1 unspecified atom stereocenters. The Morgan fingerprint density at radius 3 is 2.45 bits per heavy atom. The first-order valence-corrected chi connectivity index (χ1v) is 10.8. The Hall–Kier alpha value is -1.85. The molecule has 2 amide bonds. The van der Waals surface area contributed by atoms with E-state index in [1.807, 2.05) is 69.3 Å². The second-order valence-electron chi connectivity index (χ2n) is 8.16. The van der Waals surface area contributed by atoms with Crippen LogP contribution in [0.25, 0.3) is 0 Å². The highest BCUT2D eigenvalue weighted by atomic mass is 79.9. The van der Waals surface area contributed by atoms with Gasteiger partial charge in [-0.25, -0.2) is 0 Å². The first kappa shape index (κ1) is 23.4. The number of aryl methyl sites for hydroxylation is 1. The number of halogens is 2. The van der Waals surface area contributed by atoms with Crippen molar-refractivity contribution in [1.82, 2.24) is 10.2 Å². The lowest BCUT2D eigenvalue weighted by Crippen LogP contribution is -2.52. The number of hydrogen-bond acceptors (Lipinski definition) is 2. The van der Waals surface area contributed by atoms with E-state index in [1.54, 1.807) is 11.8 Å². The molecule has 0 fully saturated rings. The molecular weight excluding hydrogens is 452 g/mol. The molecule has 0 heterocycles. The van der Waals surface area contributed by atoms with Gasteiger partial charge < -0.3 is 10.2 Å². The highest BCUT2D eigenvalue weighted by Crippen LogP contribution is 2.20. The number of carbonyl (C=O) groups is 2. The number of nitrogens with one attached hydrogen (secondary N) is 1. The smallest absolute Gasteiger partial charge is 0.242 e. The summed E-state index contributed by atoms with van der Waals surface area (Å²) in [6, 6.07) is 14.7. The standard InChI is InChI=1S/C23H28BrClN2O2/c1-16(22(29)26-23(2,3)4)27(15-17-8-7-10-19(24)14-17)21(28)13-12-18-9-5-6-11-20(18)25/h5-11,14,16H,12-13,15H2,1-4H3,(H,26,29). The van der Waals surface area contributed by atoms with Crippen molar-refractivity contribution >= 4 is 39.3 Å². The van der Waals surface area contributed by atoms with Crippen LogP contribution in [-0.4, -0.2) is 28.3 Å². The van der Waals surface area contributed by atoms with Crippen molar-refractivity contribution in [1.29, 1.82) is 0 Å². The third-order valence-electron chi connectivity index (χ3n) is 4.47. The summed E-state index contributed by atoms with van der Waals surface area (Å²) in [7, 11) is 0. The summed E-state index contributed by atoms with van der Waals surface area (Å²) in [5, 5.41) is 3.62. The fraction of sp³-hybridized carbons (Fsp3) is 0.391. The molecule has 6 heteroatoms. The minimum absolute atomic E-state index is 0.0820. The van der Waals surface area contributed by atoms with Gasteiger partial charge in [-0.1, -0.05) is 57.9 Å². The zero-order valence-electron chi connectivity index (χ0n) is 17.3. The molecule has 0 aliphatic carbocycles. The van der Waals surface area contributed by atoms with Gasteiger partial charge in [0.25, 0.3) is 0 Å². The molecule has 156 valence electrons. The Balaban J connectivity index is 2.19. The van der Waals surface area contributed by atoms with E-state index in [-0.39, 0.29) is 23.8 Å². The van der Waals surface area contributed by atoms with E-state index in [1.165, 1.54) is 0 Å². The molecule has 1 N–H and O–H groups in total. The molecule has 2 rings (SSSR count). The summed E-state index contributed by atoms with van der Waals surface area (Å²) < 4.78 is 0.935. The van der Waals surface area contributed by atoms with Crippen molar-refractivity contribution in [2.24, 2.45) is 0 Å². The Kier molecular flexibility index (Phi) is 8.29. The van der Waals surface area contributed by atoms with Crippen molar-refractivity contribution in [3.63, 3.8) is 0 Å². The fourth-order valence-corrected chi connectivity index (χ4v) is 3.65. The van der Waals surface area contributed by atoms with Gasteiger partial charge in [0.15, 0.2) is 0 Å². The third kappa shape index (κ3) is 7.48.